The Balaban J connectivity index is 1.98. The van der Waals surface area contributed by atoms with E-state index < -0.39 is 12.0 Å². The lowest BCUT2D eigenvalue weighted by Gasteiger charge is -2.27. The fraction of sp³-hybridized carbons (Fsp3) is 0.278. The maximum Gasteiger partial charge on any atom is 0.266 e. The summed E-state index contributed by atoms with van der Waals surface area (Å²) in [4.78, 5) is 25.8. The number of aliphatic carboxylic acids is 1. The molecule has 0 aliphatic carbocycles. The Kier molecular flexibility index (Phi) is 4.96. The topological polar surface area (TPSA) is 65.4 Å². The minimum atomic E-state index is -1.27. The van der Waals surface area contributed by atoms with Crippen molar-refractivity contribution in [3.63, 3.8) is 0 Å². The standard InChI is InChI=1S/C18H18N2O3S2/c1-3-6-14(17(22)23)20-16(21)15(25-18(20)24)9-11-10-19(2)13-8-5-4-7-12(11)13/h4-5,7-10,14H,3,6H2,1-2H3,(H,22,23)/p-1/t14-/m0/s1. The highest BCUT2D eigenvalue weighted by Gasteiger charge is 2.37. The number of thioether (sulfide) groups is 1. The van der Waals surface area contributed by atoms with Gasteiger partial charge in [-0.3, -0.25) is 9.69 Å². The Morgan fingerprint density at radius 1 is 1.40 bits per heavy atom. The third-order valence-electron chi connectivity index (χ3n) is 4.18. The smallest absolute Gasteiger partial charge is 0.266 e. The average Bonchev–Trinajstić information content (AvgIpc) is 3.03. The molecule has 1 aliphatic heterocycles. The Labute approximate surface area is 155 Å². The van der Waals surface area contributed by atoms with E-state index in [1.165, 1.54) is 4.90 Å². The molecule has 130 valence electrons. The highest BCUT2D eigenvalue weighted by atomic mass is 32.2. The second kappa shape index (κ2) is 7.01. The number of hydrogen-bond acceptors (Lipinski definition) is 5. The first-order valence-corrected chi connectivity index (χ1v) is 9.18. The first-order chi connectivity index (χ1) is 11.9. The van der Waals surface area contributed by atoms with E-state index in [0.29, 0.717) is 17.7 Å². The molecule has 0 spiro atoms. The predicted molar refractivity (Wildman–Crippen MR) is 102 cm³/mol. The van der Waals surface area contributed by atoms with Crippen LogP contribution in [-0.2, 0) is 16.6 Å². The molecule has 2 aromatic rings. The van der Waals surface area contributed by atoms with Crippen LogP contribution in [0.5, 0.6) is 0 Å². The summed E-state index contributed by atoms with van der Waals surface area (Å²) in [5, 5.41) is 12.4. The van der Waals surface area contributed by atoms with E-state index >= 15 is 0 Å². The van der Waals surface area contributed by atoms with Crippen molar-refractivity contribution >= 4 is 57.2 Å². The summed E-state index contributed by atoms with van der Waals surface area (Å²) in [5.41, 5.74) is 1.96. The van der Waals surface area contributed by atoms with Crippen molar-refractivity contribution in [3.8, 4) is 0 Å². The van der Waals surface area contributed by atoms with Gasteiger partial charge in [0.2, 0.25) is 0 Å². The number of benzene rings is 1. The first kappa shape index (κ1) is 17.7. The van der Waals surface area contributed by atoms with E-state index in [4.69, 9.17) is 12.2 Å². The minimum absolute atomic E-state index is 0.263. The number of aromatic nitrogens is 1. The van der Waals surface area contributed by atoms with Gasteiger partial charge in [-0.2, -0.15) is 0 Å². The van der Waals surface area contributed by atoms with Crippen LogP contribution >= 0.6 is 24.0 Å². The molecular formula is C18H17N2O3S2-. The monoisotopic (exact) mass is 373 g/mol. The van der Waals surface area contributed by atoms with Gasteiger partial charge in [-0.15, -0.1) is 0 Å². The number of para-hydroxylation sites is 1. The molecule has 1 aliphatic rings. The molecular weight excluding hydrogens is 356 g/mol. The maximum atomic E-state index is 12.7. The van der Waals surface area contributed by atoms with Gasteiger partial charge in [0.05, 0.1) is 16.9 Å². The summed E-state index contributed by atoms with van der Waals surface area (Å²) < 4.78 is 2.25. The first-order valence-electron chi connectivity index (χ1n) is 7.96. The Bertz CT molecular complexity index is 901. The third kappa shape index (κ3) is 3.21. The summed E-state index contributed by atoms with van der Waals surface area (Å²) in [6.45, 7) is 1.86. The molecule has 1 fully saturated rings. The van der Waals surface area contributed by atoms with Crippen LogP contribution in [0, 0.1) is 0 Å². The van der Waals surface area contributed by atoms with Crippen molar-refractivity contribution in [2.75, 3.05) is 0 Å². The van der Waals surface area contributed by atoms with Crippen LogP contribution in [0.3, 0.4) is 0 Å². The molecule has 0 unspecified atom stereocenters. The summed E-state index contributed by atoms with van der Waals surface area (Å²) >= 11 is 6.39. The van der Waals surface area contributed by atoms with E-state index in [1.807, 2.05) is 49.0 Å². The molecule has 0 saturated carbocycles. The fourth-order valence-electron chi connectivity index (χ4n) is 3.00. The zero-order valence-electron chi connectivity index (χ0n) is 13.9. The second-order valence-electron chi connectivity index (χ2n) is 5.89. The van der Waals surface area contributed by atoms with Gasteiger partial charge in [-0.05, 0) is 18.6 Å². The summed E-state index contributed by atoms with van der Waals surface area (Å²) in [7, 11) is 1.94. The molecule has 1 saturated heterocycles. The second-order valence-corrected chi connectivity index (χ2v) is 7.56. The molecule has 0 bridgehead atoms. The number of carboxylic acids is 1. The van der Waals surface area contributed by atoms with Crippen LogP contribution < -0.4 is 5.11 Å². The predicted octanol–water partition coefficient (Wildman–Crippen LogP) is 2.30. The van der Waals surface area contributed by atoms with E-state index in [2.05, 4.69) is 0 Å². The largest absolute Gasteiger partial charge is 0.548 e. The van der Waals surface area contributed by atoms with Crippen LogP contribution in [0.25, 0.3) is 17.0 Å². The zero-order chi connectivity index (χ0) is 18.1. The average molecular weight is 373 g/mol. The number of hydrogen-bond donors (Lipinski definition) is 0. The van der Waals surface area contributed by atoms with E-state index in [9.17, 15) is 14.7 Å². The lowest BCUT2D eigenvalue weighted by atomic mass is 10.1. The van der Waals surface area contributed by atoms with Crippen LogP contribution in [0.15, 0.2) is 35.4 Å². The Morgan fingerprint density at radius 3 is 2.80 bits per heavy atom. The fourth-order valence-corrected chi connectivity index (χ4v) is 4.35. The number of nitrogens with zero attached hydrogens (tertiary/aromatic N) is 2. The summed E-state index contributed by atoms with van der Waals surface area (Å²) in [5.74, 6) is -1.64. The number of carbonyl (C=O) groups is 2. The van der Waals surface area contributed by atoms with Gasteiger partial charge in [0.15, 0.2) is 0 Å². The minimum Gasteiger partial charge on any atom is -0.548 e. The normalized spacial score (nSPS) is 17.7. The molecule has 0 N–H and O–H groups in total. The lowest BCUT2D eigenvalue weighted by Crippen LogP contribution is -2.49. The number of rotatable bonds is 5. The summed E-state index contributed by atoms with van der Waals surface area (Å²) in [6, 6.07) is 6.88. The molecule has 2 heterocycles. The van der Waals surface area contributed by atoms with Crippen molar-refractivity contribution in [1.82, 2.24) is 9.47 Å². The van der Waals surface area contributed by atoms with E-state index in [-0.39, 0.29) is 10.2 Å². The molecule has 1 aromatic carbocycles. The SMILES string of the molecule is CCC[C@@H](C(=O)[O-])N1C(=O)C(=Cc2cn(C)c3ccccc23)SC1=S. The van der Waals surface area contributed by atoms with Gasteiger partial charge in [0.1, 0.15) is 4.32 Å². The van der Waals surface area contributed by atoms with Gasteiger partial charge in [-0.1, -0.05) is 55.5 Å². The molecule has 1 aromatic heterocycles. The zero-order valence-corrected chi connectivity index (χ0v) is 15.5. The third-order valence-corrected chi connectivity index (χ3v) is 5.51. The van der Waals surface area contributed by atoms with Crippen molar-refractivity contribution in [2.24, 2.45) is 7.05 Å². The molecule has 5 nitrogen and oxygen atoms in total. The molecule has 25 heavy (non-hydrogen) atoms. The van der Waals surface area contributed by atoms with Crippen molar-refractivity contribution < 1.29 is 14.7 Å². The molecule has 1 atom stereocenters. The number of carboxylic acid groups (broad SMARTS) is 1. The van der Waals surface area contributed by atoms with Gasteiger partial charge < -0.3 is 14.5 Å². The summed E-state index contributed by atoms with van der Waals surface area (Å²) in [6.07, 6.45) is 4.66. The maximum absolute atomic E-state index is 12.7. The van der Waals surface area contributed by atoms with E-state index in [0.717, 1.165) is 28.2 Å². The molecule has 1 amide bonds. The van der Waals surface area contributed by atoms with Crippen LogP contribution in [0.4, 0.5) is 0 Å². The number of aryl methyl sites for hydroxylation is 1. The van der Waals surface area contributed by atoms with E-state index in [1.54, 1.807) is 6.08 Å². The number of thiocarbonyl (C=S) groups is 1. The molecule has 3 rings (SSSR count). The number of amides is 1. The molecule has 0 radical (unpaired) electrons. The highest BCUT2D eigenvalue weighted by molar-refractivity contribution is 8.26. The van der Waals surface area contributed by atoms with Crippen LogP contribution in [0.1, 0.15) is 25.3 Å². The number of carbonyl (C=O) groups excluding carboxylic acids is 2. The lowest BCUT2D eigenvalue weighted by molar-refractivity contribution is -0.310. The van der Waals surface area contributed by atoms with Crippen molar-refractivity contribution in [1.29, 1.82) is 0 Å². The van der Waals surface area contributed by atoms with Gasteiger partial charge in [0, 0.05) is 29.7 Å². The van der Waals surface area contributed by atoms with Crippen LogP contribution in [-0.4, -0.2) is 31.7 Å². The highest BCUT2D eigenvalue weighted by Crippen LogP contribution is 2.36. The van der Waals surface area contributed by atoms with Crippen molar-refractivity contribution in [3.05, 3.63) is 40.9 Å². The van der Waals surface area contributed by atoms with Crippen LogP contribution in [0.2, 0.25) is 0 Å². The van der Waals surface area contributed by atoms with Gasteiger partial charge in [0.25, 0.3) is 5.91 Å². The Hall–Kier alpha value is -2.12. The van der Waals surface area contributed by atoms with Gasteiger partial charge >= 0.3 is 0 Å². The molecule has 7 heteroatoms. The van der Waals surface area contributed by atoms with Crippen molar-refractivity contribution in [2.45, 2.75) is 25.8 Å². The Morgan fingerprint density at radius 2 is 2.12 bits per heavy atom. The van der Waals surface area contributed by atoms with Gasteiger partial charge in [-0.25, -0.2) is 0 Å². The number of fused-ring (bicyclic) bond motifs is 1. The quantitative estimate of drug-likeness (QED) is 0.594.